The predicted molar refractivity (Wildman–Crippen MR) is 105 cm³/mol. The van der Waals surface area contributed by atoms with E-state index < -0.39 is 17.6 Å². The van der Waals surface area contributed by atoms with Crippen LogP contribution in [0.25, 0.3) is 11.0 Å². The first-order chi connectivity index (χ1) is 14.5. The van der Waals surface area contributed by atoms with E-state index >= 15 is 0 Å². The second-order valence-electron chi connectivity index (χ2n) is 6.31. The standard InChI is InChI=1S/C20H15FN6O3/c21-12-7-13(17-14(8-12)25-10-26-17)19(29)24-9-11-3-5-22-16(6-11)27-20(30)18-15(28)2-1-4-23-18/h1-8,10,28H,9H2,(H,24,29)(H,25,26)(H,22,27,30). The summed E-state index contributed by atoms with van der Waals surface area (Å²) in [6, 6.07) is 8.46. The van der Waals surface area contributed by atoms with E-state index in [1.165, 1.54) is 36.9 Å². The lowest BCUT2D eigenvalue weighted by atomic mass is 10.1. The number of aromatic amines is 1. The highest BCUT2D eigenvalue weighted by atomic mass is 19.1. The summed E-state index contributed by atoms with van der Waals surface area (Å²) in [5.41, 5.74) is 1.42. The van der Waals surface area contributed by atoms with Gasteiger partial charge < -0.3 is 20.7 Å². The molecular formula is C20H15FN6O3. The van der Waals surface area contributed by atoms with Crippen LogP contribution in [0.1, 0.15) is 26.4 Å². The summed E-state index contributed by atoms with van der Waals surface area (Å²) >= 11 is 0. The number of hydrogen-bond donors (Lipinski definition) is 4. The molecule has 0 saturated heterocycles. The third kappa shape index (κ3) is 3.92. The number of hydrogen-bond acceptors (Lipinski definition) is 6. The molecule has 150 valence electrons. The zero-order chi connectivity index (χ0) is 21.1. The largest absolute Gasteiger partial charge is 0.505 e. The van der Waals surface area contributed by atoms with Crippen LogP contribution < -0.4 is 10.6 Å². The first-order valence-corrected chi connectivity index (χ1v) is 8.82. The summed E-state index contributed by atoms with van der Waals surface area (Å²) in [5.74, 6) is -1.70. The Kier molecular flexibility index (Phi) is 5.04. The van der Waals surface area contributed by atoms with Crippen LogP contribution in [-0.4, -0.2) is 36.9 Å². The van der Waals surface area contributed by atoms with E-state index in [0.29, 0.717) is 16.6 Å². The lowest BCUT2D eigenvalue weighted by Crippen LogP contribution is -2.23. The molecule has 9 nitrogen and oxygen atoms in total. The lowest BCUT2D eigenvalue weighted by Gasteiger charge is -2.09. The van der Waals surface area contributed by atoms with Gasteiger partial charge in [-0.05, 0) is 42.0 Å². The van der Waals surface area contributed by atoms with Gasteiger partial charge in [-0.2, -0.15) is 0 Å². The fourth-order valence-corrected chi connectivity index (χ4v) is 2.87. The van der Waals surface area contributed by atoms with Crippen molar-refractivity contribution in [3.8, 4) is 5.75 Å². The number of imidazole rings is 1. The Bertz CT molecular complexity index is 1260. The minimum absolute atomic E-state index is 0.111. The fraction of sp³-hybridized carbons (Fsp3) is 0.0500. The lowest BCUT2D eigenvalue weighted by molar-refractivity contribution is 0.0950. The van der Waals surface area contributed by atoms with Crippen LogP contribution in [0.3, 0.4) is 0 Å². The van der Waals surface area contributed by atoms with Crippen LogP contribution in [0, 0.1) is 5.82 Å². The molecule has 0 radical (unpaired) electrons. The van der Waals surface area contributed by atoms with Gasteiger partial charge in [0.1, 0.15) is 22.9 Å². The van der Waals surface area contributed by atoms with Gasteiger partial charge in [-0.25, -0.2) is 19.3 Å². The van der Waals surface area contributed by atoms with E-state index in [-0.39, 0.29) is 29.4 Å². The van der Waals surface area contributed by atoms with Crippen LogP contribution in [0.5, 0.6) is 5.75 Å². The SMILES string of the molecule is O=C(Nc1cc(CNC(=O)c2cc(F)cc3[nH]cnc23)ccn1)c1ncccc1O. The summed E-state index contributed by atoms with van der Waals surface area (Å²) in [5, 5.41) is 15.0. The maximum absolute atomic E-state index is 13.7. The number of carbonyl (C=O) groups excluding carboxylic acids is 2. The Morgan fingerprint density at radius 1 is 1.07 bits per heavy atom. The van der Waals surface area contributed by atoms with Crippen molar-refractivity contribution in [3.63, 3.8) is 0 Å². The number of amides is 2. The third-order valence-electron chi connectivity index (χ3n) is 4.25. The summed E-state index contributed by atoms with van der Waals surface area (Å²) in [6.45, 7) is 0.113. The van der Waals surface area contributed by atoms with Crippen molar-refractivity contribution in [2.24, 2.45) is 0 Å². The van der Waals surface area contributed by atoms with Crippen molar-refractivity contribution in [1.29, 1.82) is 0 Å². The number of H-pyrrole nitrogens is 1. The Hall–Kier alpha value is -4.34. The van der Waals surface area contributed by atoms with Crippen molar-refractivity contribution < 1.29 is 19.1 Å². The molecule has 0 saturated carbocycles. The second kappa shape index (κ2) is 7.95. The van der Waals surface area contributed by atoms with E-state index in [1.807, 2.05) is 0 Å². The number of rotatable bonds is 5. The van der Waals surface area contributed by atoms with Crippen LogP contribution in [0.15, 0.2) is 55.1 Å². The number of nitrogens with one attached hydrogen (secondary N) is 3. The maximum atomic E-state index is 13.7. The van der Waals surface area contributed by atoms with E-state index in [9.17, 15) is 19.1 Å². The number of aromatic nitrogens is 4. The van der Waals surface area contributed by atoms with Crippen molar-refractivity contribution in [2.75, 3.05) is 5.32 Å². The number of benzene rings is 1. The van der Waals surface area contributed by atoms with Crippen molar-refractivity contribution in [3.05, 3.63) is 77.8 Å². The zero-order valence-electron chi connectivity index (χ0n) is 15.4. The molecule has 4 aromatic rings. The molecule has 3 aromatic heterocycles. The van der Waals surface area contributed by atoms with Gasteiger partial charge in [0.2, 0.25) is 0 Å². The number of aromatic hydroxyl groups is 1. The molecule has 0 unspecified atom stereocenters. The minimum atomic E-state index is -0.623. The average molecular weight is 406 g/mol. The fourth-order valence-electron chi connectivity index (χ4n) is 2.87. The van der Waals surface area contributed by atoms with Crippen LogP contribution in [0.2, 0.25) is 0 Å². The maximum Gasteiger partial charge on any atom is 0.279 e. The van der Waals surface area contributed by atoms with Gasteiger partial charge in [0.05, 0.1) is 17.4 Å². The summed E-state index contributed by atoms with van der Waals surface area (Å²) in [4.78, 5) is 39.5. The van der Waals surface area contributed by atoms with Crippen LogP contribution in [-0.2, 0) is 6.54 Å². The Labute approximate surface area is 169 Å². The Morgan fingerprint density at radius 2 is 1.93 bits per heavy atom. The molecule has 4 N–H and O–H groups in total. The smallest absolute Gasteiger partial charge is 0.279 e. The number of halogens is 1. The molecule has 3 heterocycles. The normalized spacial score (nSPS) is 10.7. The number of fused-ring (bicyclic) bond motifs is 1. The average Bonchev–Trinajstić information content (AvgIpc) is 3.20. The molecule has 1 aromatic carbocycles. The van der Waals surface area contributed by atoms with Gasteiger partial charge in [0.15, 0.2) is 5.69 Å². The van der Waals surface area contributed by atoms with Gasteiger partial charge in [-0.15, -0.1) is 0 Å². The molecule has 0 aliphatic heterocycles. The molecule has 4 rings (SSSR count). The summed E-state index contributed by atoms with van der Waals surface area (Å²) in [6.07, 6.45) is 4.23. The van der Waals surface area contributed by atoms with Crippen LogP contribution in [0.4, 0.5) is 10.2 Å². The molecule has 0 aliphatic rings. The summed E-state index contributed by atoms with van der Waals surface area (Å²) in [7, 11) is 0. The monoisotopic (exact) mass is 406 g/mol. The van der Waals surface area contributed by atoms with Crippen LogP contribution >= 0.6 is 0 Å². The first-order valence-electron chi connectivity index (χ1n) is 8.82. The quantitative estimate of drug-likeness (QED) is 0.402. The first kappa shape index (κ1) is 19.0. The Morgan fingerprint density at radius 3 is 2.77 bits per heavy atom. The third-order valence-corrected chi connectivity index (χ3v) is 4.25. The molecule has 0 spiro atoms. The van der Waals surface area contributed by atoms with E-state index in [1.54, 1.807) is 12.1 Å². The number of nitrogens with zero attached hydrogens (tertiary/aromatic N) is 3. The predicted octanol–water partition coefficient (Wildman–Crippen LogP) is 2.38. The molecule has 0 aliphatic carbocycles. The topological polar surface area (TPSA) is 133 Å². The number of pyridine rings is 2. The molecule has 10 heteroatoms. The molecule has 0 atom stereocenters. The summed E-state index contributed by atoms with van der Waals surface area (Å²) < 4.78 is 13.7. The zero-order valence-corrected chi connectivity index (χ0v) is 15.4. The molecule has 0 bridgehead atoms. The van der Waals surface area contributed by atoms with Gasteiger partial charge >= 0.3 is 0 Å². The van der Waals surface area contributed by atoms with Gasteiger partial charge in [0, 0.05) is 18.9 Å². The van der Waals surface area contributed by atoms with Crippen molar-refractivity contribution in [1.82, 2.24) is 25.3 Å². The van der Waals surface area contributed by atoms with Gasteiger partial charge in [-0.3, -0.25) is 9.59 Å². The molecule has 0 fully saturated rings. The molecule has 30 heavy (non-hydrogen) atoms. The number of carbonyl (C=O) groups is 2. The highest BCUT2D eigenvalue weighted by Crippen LogP contribution is 2.18. The molecule has 2 amide bonds. The van der Waals surface area contributed by atoms with E-state index in [2.05, 4.69) is 30.6 Å². The Balaban J connectivity index is 1.46. The van der Waals surface area contributed by atoms with Gasteiger partial charge in [0.25, 0.3) is 11.8 Å². The van der Waals surface area contributed by atoms with Gasteiger partial charge in [-0.1, -0.05) is 0 Å². The second-order valence-corrected chi connectivity index (χ2v) is 6.31. The van der Waals surface area contributed by atoms with Crippen molar-refractivity contribution in [2.45, 2.75) is 6.54 Å². The minimum Gasteiger partial charge on any atom is -0.505 e. The van der Waals surface area contributed by atoms with E-state index in [0.717, 1.165) is 6.07 Å². The van der Waals surface area contributed by atoms with Crippen molar-refractivity contribution >= 4 is 28.7 Å². The molecular weight excluding hydrogens is 391 g/mol. The van der Waals surface area contributed by atoms with E-state index in [4.69, 9.17) is 0 Å². The number of anilines is 1. The highest BCUT2D eigenvalue weighted by Gasteiger charge is 2.15. The highest BCUT2D eigenvalue weighted by molar-refractivity contribution is 6.05.